The molecule has 1 aliphatic rings. The summed E-state index contributed by atoms with van der Waals surface area (Å²) in [4.78, 5) is 2.41. The van der Waals surface area contributed by atoms with Gasteiger partial charge in [0.1, 0.15) is 0 Å². The van der Waals surface area contributed by atoms with Gasteiger partial charge >= 0.3 is 0 Å². The number of hydrogen-bond donors (Lipinski definition) is 1. The van der Waals surface area contributed by atoms with Gasteiger partial charge in [0.05, 0.1) is 0 Å². The molecule has 0 spiro atoms. The molecule has 1 aliphatic carbocycles. The number of rotatable bonds is 7. The molecule has 0 amide bonds. The molecule has 1 saturated carbocycles. The summed E-state index contributed by atoms with van der Waals surface area (Å²) in [7, 11) is 2.20. The molecule has 14 heavy (non-hydrogen) atoms. The van der Waals surface area contributed by atoms with Crippen LogP contribution in [0.3, 0.4) is 0 Å². The molecular formula is C12H26N2. The third kappa shape index (κ3) is 4.43. The summed E-state index contributed by atoms with van der Waals surface area (Å²) in [6.07, 6.45) is 4.16. The minimum absolute atomic E-state index is 0.677. The van der Waals surface area contributed by atoms with Crippen molar-refractivity contribution in [2.75, 3.05) is 20.1 Å². The molecule has 0 bridgehead atoms. The zero-order chi connectivity index (χ0) is 10.6. The lowest BCUT2D eigenvalue weighted by Crippen LogP contribution is -2.33. The van der Waals surface area contributed by atoms with Crippen molar-refractivity contribution in [1.82, 2.24) is 10.2 Å². The van der Waals surface area contributed by atoms with E-state index in [9.17, 15) is 0 Å². The fourth-order valence-electron chi connectivity index (χ4n) is 1.68. The highest BCUT2D eigenvalue weighted by Crippen LogP contribution is 2.32. The van der Waals surface area contributed by atoms with Gasteiger partial charge < -0.3 is 10.2 Å². The highest BCUT2D eigenvalue weighted by Gasteiger charge is 2.27. The molecule has 1 rings (SSSR count). The summed E-state index contributed by atoms with van der Waals surface area (Å²) >= 11 is 0. The molecule has 1 atom stereocenters. The van der Waals surface area contributed by atoms with Crippen LogP contribution in [0.4, 0.5) is 0 Å². The van der Waals surface area contributed by atoms with E-state index in [1.165, 1.54) is 32.4 Å². The Morgan fingerprint density at radius 1 is 1.29 bits per heavy atom. The summed E-state index contributed by atoms with van der Waals surface area (Å²) in [5.74, 6) is 0.984. The quantitative estimate of drug-likeness (QED) is 0.630. The van der Waals surface area contributed by atoms with Gasteiger partial charge in [0, 0.05) is 12.1 Å². The Morgan fingerprint density at radius 2 is 1.93 bits per heavy atom. The molecule has 2 heteroatoms. The SMILES string of the molecule is CC(NCCCN(C)C(C)C)C1CC1. The number of nitrogens with zero attached hydrogens (tertiary/aromatic N) is 1. The van der Waals surface area contributed by atoms with Crippen molar-refractivity contribution in [3.8, 4) is 0 Å². The minimum Gasteiger partial charge on any atom is -0.314 e. The molecule has 1 unspecified atom stereocenters. The molecule has 0 aliphatic heterocycles. The smallest absolute Gasteiger partial charge is 0.00670 e. The predicted octanol–water partition coefficient (Wildman–Crippen LogP) is 2.10. The monoisotopic (exact) mass is 198 g/mol. The van der Waals surface area contributed by atoms with Crippen LogP contribution in [0.5, 0.6) is 0 Å². The number of nitrogens with one attached hydrogen (secondary N) is 1. The van der Waals surface area contributed by atoms with Crippen LogP contribution >= 0.6 is 0 Å². The summed E-state index contributed by atoms with van der Waals surface area (Å²) in [5.41, 5.74) is 0. The van der Waals surface area contributed by atoms with Crippen molar-refractivity contribution in [1.29, 1.82) is 0 Å². The summed E-state index contributed by atoms with van der Waals surface area (Å²) in [5, 5.41) is 3.61. The van der Waals surface area contributed by atoms with Gasteiger partial charge in [-0.15, -0.1) is 0 Å². The second-order valence-corrected chi connectivity index (χ2v) is 5.01. The molecule has 0 saturated heterocycles. The molecule has 84 valence electrons. The van der Waals surface area contributed by atoms with E-state index in [1.54, 1.807) is 0 Å². The van der Waals surface area contributed by atoms with Crippen LogP contribution < -0.4 is 5.32 Å². The largest absolute Gasteiger partial charge is 0.314 e. The zero-order valence-corrected chi connectivity index (χ0v) is 10.2. The zero-order valence-electron chi connectivity index (χ0n) is 10.2. The van der Waals surface area contributed by atoms with E-state index in [0.717, 1.165) is 12.0 Å². The second-order valence-electron chi connectivity index (χ2n) is 5.01. The van der Waals surface area contributed by atoms with Gasteiger partial charge in [0.2, 0.25) is 0 Å². The van der Waals surface area contributed by atoms with Gasteiger partial charge in [-0.2, -0.15) is 0 Å². The molecule has 0 heterocycles. The van der Waals surface area contributed by atoms with E-state index in [-0.39, 0.29) is 0 Å². The molecule has 1 fully saturated rings. The van der Waals surface area contributed by atoms with Crippen LogP contribution in [0, 0.1) is 5.92 Å². The van der Waals surface area contributed by atoms with Gasteiger partial charge in [0.15, 0.2) is 0 Å². The Bertz CT molecular complexity index is 142. The fraction of sp³-hybridized carbons (Fsp3) is 1.00. The van der Waals surface area contributed by atoms with Crippen LogP contribution in [0.2, 0.25) is 0 Å². The van der Waals surface area contributed by atoms with Crippen molar-refractivity contribution < 1.29 is 0 Å². The molecular weight excluding hydrogens is 172 g/mol. The predicted molar refractivity (Wildman–Crippen MR) is 62.6 cm³/mol. The Balaban J connectivity index is 1.93. The second kappa shape index (κ2) is 5.72. The van der Waals surface area contributed by atoms with Gasteiger partial charge in [-0.25, -0.2) is 0 Å². The topological polar surface area (TPSA) is 15.3 Å². The van der Waals surface area contributed by atoms with Gasteiger partial charge in [-0.3, -0.25) is 0 Å². The molecule has 2 nitrogen and oxygen atoms in total. The van der Waals surface area contributed by atoms with E-state index in [2.05, 4.69) is 38.0 Å². The average molecular weight is 198 g/mol. The summed E-state index contributed by atoms with van der Waals surface area (Å²) in [6.45, 7) is 9.21. The average Bonchev–Trinajstić information content (AvgIpc) is 2.94. The third-order valence-corrected chi connectivity index (χ3v) is 3.36. The maximum Gasteiger partial charge on any atom is 0.00670 e. The lowest BCUT2D eigenvalue weighted by atomic mass is 10.2. The van der Waals surface area contributed by atoms with Crippen LogP contribution in [0.1, 0.15) is 40.0 Å². The first-order valence-electron chi connectivity index (χ1n) is 6.05. The lowest BCUT2D eigenvalue weighted by molar-refractivity contribution is 0.267. The summed E-state index contributed by atoms with van der Waals surface area (Å²) in [6, 6.07) is 1.43. The van der Waals surface area contributed by atoms with Gasteiger partial charge in [-0.05, 0) is 66.1 Å². The van der Waals surface area contributed by atoms with Crippen molar-refractivity contribution in [3.05, 3.63) is 0 Å². The van der Waals surface area contributed by atoms with Crippen molar-refractivity contribution in [2.24, 2.45) is 5.92 Å². The Labute approximate surface area is 89.1 Å². The first kappa shape index (κ1) is 12.0. The standard InChI is InChI=1S/C12H26N2/c1-10(2)14(4)9-5-8-13-11(3)12-6-7-12/h10-13H,5-9H2,1-4H3. The van der Waals surface area contributed by atoms with Crippen LogP contribution in [0.15, 0.2) is 0 Å². The molecule has 0 aromatic rings. The van der Waals surface area contributed by atoms with E-state index < -0.39 is 0 Å². The number of hydrogen-bond acceptors (Lipinski definition) is 2. The van der Waals surface area contributed by atoms with E-state index in [1.807, 2.05) is 0 Å². The van der Waals surface area contributed by atoms with E-state index >= 15 is 0 Å². The normalized spacial score (nSPS) is 19.3. The maximum absolute atomic E-state index is 3.61. The highest BCUT2D eigenvalue weighted by molar-refractivity contribution is 4.83. The Kier molecular flexibility index (Phi) is 4.90. The van der Waals surface area contributed by atoms with E-state index in [4.69, 9.17) is 0 Å². The minimum atomic E-state index is 0.677. The summed E-state index contributed by atoms with van der Waals surface area (Å²) < 4.78 is 0. The molecule has 1 N–H and O–H groups in total. The van der Waals surface area contributed by atoms with Gasteiger partial charge in [-0.1, -0.05) is 0 Å². The first-order valence-corrected chi connectivity index (χ1v) is 6.05. The van der Waals surface area contributed by atoms with Crippen LogP contribution in [-0.4, -0.2) is 37.1 Å². The van der Waals surface area contributed by atoms with Gasteiger partial charge in [0.25, 0.3) is 0 Å². The van der Waals surface area contributed by atoms with Crippen molar-refractivity contribution in [2.45, 2.75) is 52.1 Å². The third-order valence-electron chi connectivity index (χ3n) is 3.36. The fourth-order valence-corrected chi connectivity index (χ4v) is 1.68. The van der Waals surface area contributed by atoms with Crippen LogP contribution in [-0.2, 0) is 0 Å². The van der Waals surface area contributed by atoms with Crippen molar-refractivity contribution in [3.63, 3.8) is 0 Å². The molecule has 0 aromatic heterocycles. The van der Waals surface area contributed by atoms with E-state index in [0.29, 0.717) is 6.04 Å². The maximum atomic E-state index is 3.61. The highest BCUT2D eigenvalue weighted by atomic mass is 15.1. The lowest BCUT2D eigenvalue weighted by Gasteiger charge is -2.21. The first-order chi connectivity index (χ1) is 6.61. The Morgan fingerprint density at radius 3 is 2.43 bits per heavy atom. The molecule has 0 radical (unpaired) electrons. The molecule has 0 aromatic carbocycles. The van der Waals surface area contributed by atoms with Crippen LogP contribution in [0.25, 0.3) is 0 Å². The Hall–Kier alpha value is -0.0800. The van der Waals surface area contributed by atoms with Crippen molar-refractivity contribution >= 4 is 0 Å².